The zero-order chi connectivity index (χ0) is 25.6. The Bertz CT molecular complexity index is 942. The van der Waals surface area contributed by atoms with Crippen molar-refractivity contribution in [1.29, 1.82) is 0 Å². The van der Waals surface area contributed by atoms with Crippen LogP contribution >= 0.6 is 0 Å². The summed E-state index contributed by atoms with van der Waals surface area (Å²) in [5.41, 5.74) is 1.82. The normalized spacial score (nSPS) is 17.2. The summed E-state index contributed by atoms with van der Waals surface area (Å²) in [5, 5.41) is 0. The molecule has 1 saturated carbocycles. The monoisotopic (exact) mass is 494 g/mol. The zero-order valence-electron chi connectivity index (χ0n) is 21.3. The van der Waals surface area contributed by atoms with Crippen LogP contribution in [0.5, 0.6) is 11.5 Å². The molecule has 1 fully saturated rings. The third-order valence-electron chi connectivity index (χ3n) is 6.45. The highest BCUT2D eigenvalue weighted by molar-refractivity contribution is 5.91. The maximum Gasteiger partial charge on any atom is 0.343 e. The first kappa shape index (κ1) is 27.5. The molecule has 0 atom stereocenters. The molecule has 0 unspecified atom stereocenters. The van der Waals surface area contributed by atoms with Gasteiger partial charge in [-0.15, -0.1) is 0 Å². The van der Waals surface area contributed by atoms with E-state index >= 15 is 0 Å². The maximum atomic E-state index is 12.6. The lowest BCUT2D eigenvalue weighted by Gasteiger charge is -2.28. The van der Waals surface area contributed by atoms with Gasteiger partial charge in [0.15, 0.2) is 0 Å². The Morgan fingerprint density at radius 1 is 0.861 bits per heavy atom. The van der Waals surface area contributed by atoms with E-state index in [4.69, 9.17) is 18.9 Å². The Kier molecular flexibility index (Phi) is 11.5. The molecule has 0 bridgehead atoms. The van der Waals surface area contributed by atoms with Crippen molar-refractivity contribution in [3.05, 3.63) is 72.3 Å². The number of rotatable bonds is 14. The van der Waals surface area contributed by atoms with Gasteiger partial charge in [-0.3, -0.25) is 0 Å². The van der Waals surface area contributed by atoms with E-state index in [0.717, 1.165) is 63.7 Å². The molecule has 6 heteroatoms. The first-order valence-corrected chi connectivity index (χ1v) is 13.0. The highest BCUT2D eigenvalue weighted by atomic mass is 16.5. The van der Waals surface area contributed by atoms with E-state index in [0.29, 0.717) is 36.5 Å². The van der Waals surface area contributed by atoms with Gasteiger partial charge in [0, 0.05) is 12.7 Å². The van der Waals surface area contributed by atoms with Crippen LogP contribution in [0.4, 0.5) is 0 Å². The van der Waals surface area contributed by atoms with Crippen LogP contribution in [0.1, 0.15) is 80.1 Å². The van der Waals surface area contributed by atoms with Crippen LogP contribution < -0.4 is 9.47 Å². The molecule has 0 N–H and O–H groups in total. The number of carbonyl (C=O) groups is 2. The molecular formula is C30H38O6. The third kappa shape index (κ3) is 9.15. The third-order valence-corrected chi connectivity index (χ3v) is 6.45. The van der Waals surface area contributed by atoms with E-state index < -0.39 is 0 Å². The van der Waals surface area contributed by atoms with E-state index in [1.165, 1.54) is 11.6 Å². The number of carbonyl (C=O) groups excluding carboxylic acids is 2. The topological polar surface area (TPSA) is 71.1 Å². The molecule has 6 nitrogen and oxygen atoms in total. The minimum atomic E-state index is -0.378. The minimum absolute atomic E-state index is 0.367. The summed E-state index contributed by atoms with van der Waals surface area (Å²) in [6.07, 6.45) is 9.71. The molecule has 2 aromatic carbocycles. The summed E-state index contributed by atoms with van der Waals surface area (Å²) in [7, 11) is 0. The van der Waals surface area contributed by atoms with Crippen LogP contribution in [0.25, 0.3) is 0 Å². The summed E-state index contributed by atoms with van der Waals surface area (Å²) < 4.78 is 22.0. The number of hydrogen-bond donors (Lipinski definition) is 0. The molecule has 0 spiro atoms. The van der Waals surface area contributed by atoms with Gasteiger partial charge in [0.1, 0.15) is 11.5 Å². The largest absolute Gasteiger partial charge is 0.494 e. The quantitative estimate of drug-likeness (QED) is 0.127. The predicted molar refractivity (Wildman–Crippen MR) is 140 cm³/mol. The van der Waals surface area contributed by atoms with Gasteiger partial charge in [0.25, 0.3) is 0 Å². The standard InChI is InChI=1S/C30H38O6/c1-3-29(31)35-22-8-6-5-7-21-34-27-17-19-28(20-18-27)36-30(32)25-11-9-23(10-12-25)24-13-15-26(16-14-24)33-4-2/h3,9-12,17-20,24,26H,1,4-8,13-16,21-22H2,2H3. The van der Waals surface area contributed by atoms with Crippen LogP contribution in [0, 0.1) is 0 Å². The molecule has 0 aromatic heterocycles. The smallest absolute Gasteiger partial charge is 0.343 e. The lowest BCUT2D eigenvalue weighted by Crippen LogP contribution is -2.20. The highest BCUT2D eigenvalue weighted by Crippen LogP contribution is 2.34. The van der Waals surface area contributed by atoms with Crippen LogP contribution in [-0.4, -0.2) is 37.9 Å². The van der Waals surface area contributed by atoms with Crippen molar-refractivity contribution in [3.63, 3.8) is 0 Å². The number of benzene rings is 2. The molecule has 36 heavy (non-hydrogen) atoms. The Hall–Kier alpha value is -3.12. The molecule has 3 rings (SSSR count). The van der Waals surface area contributed by atoms with Crippen LogP contribution in [0.3, 0.4) is 0 Å². The summed E-state index contributed by atoms with van der Waals surface area (Å²) in [6.45, 7) is 7.22. The summed E-state index contributed by atoms with van der Waals surface area (Å²) in [5.74, 6) is 1.00. The van der Waals surface area contributed by atoms with E-state index in [1.807, 2.05) is 31.2 Å². The summed E-state index contributed by atoms with van der Waals surface area (Å²) in [4.78, 5) is 23.5. The van der Waals surface area contributed by atoms with Crippen molar-refractivity contribution in [2.24, 2.45) is 0 Å². The first-order valence-electron chi connectivity index (χ1n) is 13.0. The van der Waals surface area contributed by atoms with E-state index in [2.05, 4.69) is 6.58 Å². The van der Waals surface area contributed by atoms with Gasteiger partial charge in [-0.1, -0.05) is 18.7 Å². The van der Waals surface area contributed by atoms with Crippen LogP contribution in [-0.2, 0) is 14.3 Å². The summed E-state index contributed by atoms with van der Waals surface area (Å²) in [6, 6.07) is 14.9. The fourth-order valence-electron chi connectivity index (χ4n) is 4.44. The molecule has 194 valence electrons. The molecule has 0 radical (unpaired) electrons. The molecule has 0 aliphatic heterocycles. The lowest BCUT2D eigenvalue weighted by molar-refractivity contribution is -0.137. The molecule has 0 amide bonds. The second-order valence-electron chi connectivity index (χ2n) is 9.05. The Balaban J connectivity index is 1.35. The van der Waals surface area contributed by atoms with Gasteiger partial charge >= 0.3 is 11.9 Å². The van der Waals surface area contributed by atoms with Gasteiger partial charge in [-0.2, -0.15) is 0 Å². The highest BCUT2D eigenvalue weighted by Gasteiger charge is 2.22. The minimum Gasteiger partial charge on any atom is -0.494 e. The van der Waals surface area contributed by atoms with Crippen LogP contribution in [0.15, 0.2) is 61.2 Å². The molecule has 0 saturated heterocycles. The van der Waals surface area contributed by atoms with Gasteiger partial charge in [-0.05, 0) is 106 Å². The fourth-order valence-corrected chi connectivity index (χ4v) is 4.44. The van der Waals surface area contributed by atoms with Gasteiger partial charge in [0.05, 0.1) is 24.9 Å². The average Bonchev–Trinajstić information content (AvgIpc) is 2.91. The van der Waals surface area contributed by atoms with Crippen molar-refractivity contribution in [2.75, 3.05) is 19.8 Å². The number of ether oxygens (including phenoxy) is 4. The molecule has 1 aliphatic rings. The Morgan fingerprint density at radius 3 is 2.14 bits per heavy atom. The van der Waals surface area contributed by atoms with Crippen LogP contribution in [0.2, 0.25) is 0 Å². The molecule has 1 aliphatic carbocycles. The number of hydrogen-bond acceptors (Lipinski definition) is 6. The SMILES string of the molecule is C=CC(=O)OCCCCCCOc1ccc(OC(=O)c2ccc(C3CCC(OCC)CC3)cc2)cc1. The second kappa shape index (κ2) is 15.1. The van der Waals surface area contributed by atoms with Crippen molar-refractivity contribution in [1.82, 2.24) is 0 Å². The second-order valence-corrected chi connectivity index (χ2v) is 9.05. The lowest BCUT2D eigenvalue weighted by atomic mass is 9.82. The van der Waals surface area contributed by atoms with Gasteiger partial charge < -0.3 is 18.9 Å². The van der Waals surface area contributed by atoms with Crippen molar-refractivity contribution in [3.8, 4) is 11.5 Å². The van der Waals surface area contributed by atoms with Gasteiger partial charge in [-0.25, -0.2) is 9.59 Å². The van der Waals surface area contributed by atoms with Crippen molar-refractivity contribution < 1.29 is 28.5 Å². The zero-order valence-corrected chi connectivity index (χ0v) is 21.3. The first-order chi connectivity index (χ1) is 17.6. The predicted octanol–water partition coefficient (Wildman–Crippen LogP) is 6.64. The fraction of sp³-hybridized carbons (Fsp3) is 0.467. The Labute approximate surface area is 214 Å². The molecule has 0 heterocycles. The van der Waals surface area contributed by atoms with E-state index in [-0.39, 0.29) is 11.9 Å². The number of esters is 2. The van der Waals surface area contributed by atoms with Gasteiger partial charge in [0.2, 0.25) is 0 Å². The van der Waals surface area contributed by atoms with Crippen molar-refractivity contribution in [2.45, 2.75) is 70.3 Å². The maximum absolute atomic E-state index is 12.6. The average molecular weight is 495 g/mol. The Morgan fingerprint density at radius 2 is 1.50 bits per heavy atom. The van der Waals surface area contributed by atoms with E-state index in [9.17, 15) is 9.59 Å². The van der Waals surface area contributed by atoms with E-state index in [1.54, 1.807) is 24.3 Å². The molecule has 2 aromatic rings. The number of unbranched alkanes of at least 4 members (excludes halogenated alkanes) is 3. The van der Waals surface area contributed by atoms with Crippen molar-refractivity contribution >= 4 is 11.9 Å². The summed E-state index contributed by atoms with van der Waals surface area (Å²) >= 11 is 0. The molecular weight excluding hydrogens is 456 g/mol.